The highest BCUT2D eigenvalue weighted by Gasteiger charge is 2.47. The fourth-order valence-corrected chi connectivity index (χ4v) is 4.01. The molecule has 0 bridgehead atoms. The predicted molar refractivity (Wildman–Crippen MR) is 74.3 cm³/mol. The van der Waals surface area contributed by atoms with Crippen LogP contribution in [0.5, 0.6) is 0 Å². The van der Waals surface area contributed by atoms with Gasteiger partial charge in [-0.3, -0.25) is 0 Å². The van der Waals surface area contributed by atoms with Gasteiger partial charge in [0.15, 0.2) is 0 Å². The SMILES string of the molecule is Fc1ccccc1CC(Br)C1CCCCC1C(F)(F)F. The van der Waals surface area contributed by atoms with Crippen LogP contribution in [-0.4, -0.2) is 11.0 Å². The van der Waals surface area contributed by atoms with Crippen molar-refractivity contribution in [1.82, 2.24) is 0 Å². The van der Waals surface area contributed by atoms with Gasteiger partial charge < -0.3 is 0 Å². The lowest BCUT2D eigenvalue weighted by molar-refractivity contribution is -0.196. The summed E-state index contributed by atoms with van der Waals surface area (Å²) >= 11 is 3.38. The summed E-state index contributed by atoms with van der Waals surface area (Å²) in [4.78, 5) is -0.341. The van der Waals surface area contributed by atoms with Gasteiger partial charge in [-0.25, -0.2) is 4.39 Å². The van der Waals surface area contributed by atoms with Crippen molar-refractivity contribution in [2.45, 2.75) is 43.1 Å². The van der Waals surface area contributed by atoms with E-state index in [-0.39, 0.29) is 17.1 Å². The second kappa shape index (κ2) is 6.46. The molecule has 0 amide bonds. The molecule has 1 saturated carbocycles. The number of hydrogen-bond acceptors (Lipinski definition) is 0. The molecule has 5 heteroatoms. The summed E-state index contributed by atoms with van der Waals surface area (Å²) in [6.45, 7) is 0. The molecular weight excluding hydrogens is 336 g/mol. The first-order chi connectivity index (χ1) is 9.39. The smallest absolute Gasteiger partial charge is 0.207 e. The van der Waals surface area contributed by atoms with Gasteiger partial charge in [0.1, 0.15) is 5.82 Å². The van der Waals surface area contributed by atoms with Crippen molar-refractivity contribution in [3.63, 3.8) is 0 Å². The Balaban J connectivity index is 2.10. The van der Waals surface area contributed by atoms with Gasteiger partial charge in [0.2, 0.25) is 0 Å². The average molecular weight is 353 g/mol. The predicted octanol–water partition coefficient (Wildman–Crippen LogP) is 5.50. The molecule has 1 aromatic carbocycles. The molecule has 0 saturated heterocycles. The summed E-state index contributed by atoms with van der Waals surface area (Å²) in [6, 6.07) is 6.27. The van der Waals surface area contributed by atoms with E-state index in [4.69, 9.17) is 0 Å². The van der Waals surface area contributed by atoms with Gasteiger partial charge in [-0.1, -0.05) is 47.0 Å². The van der Waals surface area contributed by atoms with Crippen LogP contribution in [0.3, 0.4) is 0 Å². The summed E-state index contributed by atoms with van der Waals surface area (Å²) in [5.74, 6) is -2.09. The second-order valence-electron chi connectivity index (χ2n) is 5.41. The largest absolute Gasteiger partial charge is 0.392 e. The zero-order valence-electron chi connectivity index (χ0n) is 11.0. The standard InChI is InChI=1S/C15H17BrF4/c16-13(9-10-5-1-4-8-14(10)17)11-6-2-3-7-12(11)15(18,19)20/h1,4-5,8,11-13H,2-3,6-7,9H2. The minimum absolute atomic E-state index is 0.188. The third-order valence-corrected chi connectivity index (χ3v) is 5.08. The number of alkyl halides is 4. The minimum Gasteiger partial charge on any atom is -0.207 e. The van der Waals surface area contributed by atoms with Gasteiger partial charge in [0.25, 0.3) is 0 Å². The summed E-state index contributed by atoms with van der Waals surface area (Å²) in [6.07, 6.45) is -1.69. The Kier molecular flexibility index (Phi) is 5.10. The lowest BCUT2D eigenvalue weighted by atomic mass is 9.76. The average Bonchev–Trinajstić information content (AvgIpc) is 2.40. The van der Waals surface area contributed by atoms with Gasteiger partial charge in [-0.2, -0.15) is 13.2 Å². The lowest BCUT2D eigenvalue weighted by Crippen LogP contribution is -2.38. The highest BCUT2D eigenvalue weighted by molar-refractivity contribution is 9.09. The maximum absolute atomic E-state index is 13.6. The van der Waals surface area contributed by atoms with Crippen LogP contribution < -0.4 is 0 Å². The maximum Gasteiger partial charge on any atom is 0.392 e. The molecule has 1 aliphatic rings. The Labute approximate surface area is 124 Å². The van der Waals surface area contributed by atoms with Crippen LogP contribution in [-0.2, 0) is 6.42 Å². The van der Waals surface area contributed by atoms with E-state index in [1.54, 1.807) is 18.2 Å². The Morgan fingerprint density at radius 1 is 1.15 bits per heavy atom. The zero-order chi connectivity index (χ0) is 14.8. The molecule has 112 valence electrons. The van der Waals surface area contributed by atoms with Crippen molar-refractivity contribution in [2.75, 3.05) is 0 Å². The van der Waals surface area contributed by atoms with Crippen molar-refractivity contribution in [2.24, 2.45) is 11.8 Å². The quantitative estimate of drug-likeness (QED) is 0.497. The molecule has 2 rings (SSSR count). The Morgan fingerprint density at radius 2 is 1.80 bits per heavy atom. The van der Waals surface area contributed by atoms with E-state index >= 15 is 0 Å². The van der Waals surface area contributed by atoms with Crippen molar-refractivity contribution < 1.29 is 17.6 Å². The monoisotopic (exact) mass is 352 g/mol. The molecule has 0 N–H and O–H groups in total. The van der Waals surface area contributed by atoms with Crippen LogP contribution in [0.25, 0.3) is 0 Å². The molecule has 1 aromatic rings. The topological polar surface area (TPSA) is 0 Å². The van der Waals surface area contributed by atoms with Crippen LogP contribution in [0.4, 0.5) is 17.6 Å². The summed E-state index contributed by atoms with van der Waals surface area (Å²) < 4.78 is 52.8. The third kappa shape index (κ3) is 3.74. The Morgan fingerprint density at radius 3 is 2.45 bits per heavy atom. The first-order valence-electron chi connectivity index (χ1n) is 6.84. The van der Waals surface area contributed by atoms with Crippen LogP contribution in [0.2, 0.25) is 0 Å². The molecule has 0 aromatic heterocycles. The normalized spacial score (nSPS) is 25.4. The zero-order valence-corrected chi connectivity index (χ0v) is 12.6. The van der Waals surface area contributed by atoms with Gasteiger partial charge in [0.05, 0.1) is 5.92 Å². The molecule has 3 atom stereocenters. The molecule has 0 spiro atoms. The lowest BCUT2D eigenvalue weighted by Gasteiger charge is -2.36. The van der Waals surface area contributed by atoms with Crippen LogP contribution >= 0.6 is 15.9 Å². The molecule has 3 unspecified atom stereocenters. The fourth-order valence-electron chi connectivity index (χ4n) is 3.02. The van der Waals surface area contributed by atoms with Crippen LogP contribution in [0, 0.1) is 17.7 Å². The molecule has 0 heterocycles. The van der Waals surface area contributed by atoms with Gasteiger partial charge in [-0.05, 0) is 36.8 Å². The molecule has 1 fully saturated rings. The van der Waals surface area contributed by atoms with Crippen molar-refractivity contribution >= 4 is 15.9 Å². The Bertz CT molecular complexity index is 444. The number of hydrogen-bond donors (Lipinski definition) is 0. The van der Waals surface area contributed by atoms with Gasteiger partial charge in [0, 0.05) is 4.83 Å². The second-order valence-corrected chi connectivity index (χ2v) is 6.58. The number of halogens is 5. The highest BCUT2D eigenvalue weighted by atomic mass is 79.9. The van der Waals surface area contributed by atoms with E-state index in [1.165, 1.54) is 6.07 Å². The molecule has 0 aliphatic heterocycles. The van der Waals surface area contributed by atoms with E-state index in [0.717, 1.165) is 6.42 Å². The fraction of sp³-hybridized carbons (Fsp3) is 0.600. The molecule has 20 heavy (non-hydrogen) atoms. The van der Waals surface area contributed by atoms with Crippen molar-refractivity contribution in [3.05, 3.63) is 35.6 Å². The maximum atomic E-state index is 13.6. The molecule has 1 aliphatic carbocycles. The van der Waals surface area contributed by atoms with Crippen LogP contribution in [0.15, 0.2) is 24.3 Å². The van der Waals surface area contributed by atoms with Crippen LogP contribution in [0.1, 0.15) is 31.2 Å². The van der Waals surface area contributed by atoms with E-state index in [9.17, 15) is 17.6 Å². The molecular formula is C15H17BrF4. The Hall–Kier alpha value is -0.580. The minimum atomic E-state index is -4.16. The van der Waals surface area contributed by atoms with Gasteiger partial charge in [-0.15, -0.1) is 0 Å². The summed E-state index contributed by atoms with van der Waals surface area (Å²) in [5, 5.41) is 0. The van der Waals surface area contributed by atoms with E-state index in [1.807, 2.05) is 0 Å². The first-order valence-corrected chi connectivity index (χ1v) is 7.75. The number of benzene rings is 1. The van der Waals surface area contributed by atoms with Gasteiger partial charge >= 0.3 is 6.18 Å². The van der Waals surface area contributed by atoms with E-state index in [0.29, 0.717) is 24.8 Å². The first kappa shape index (κ1) is 15.8. The summed E-state index contributed by atoms with van der Waals surface area (Å²) in [5.41, 5.74) is 0.473. The third-order valence-electron chi connectivity index (χ3n) is 4.08. The summed E-state index contributed by atoms with van der Waals surface area (Å²) in [7, 11) is 0. The highest BCUT2D eigenvalue weighted by Crippen LogP contribution is 2.45. The molecule has 0 radical (unpaired) electrons. The van der Waals surface area contributed by atoms with Crippen molar-refractivity contribution in [1.29, 1.82) is 0 Å². The number of rotatable bonds is 3. The molecule has 0 nitrogen and oxygen atoms in total. The van der Waals surface area contributed by atoms with E-state index in [2.05, 4.69) is 15.9 Å². The van der Waals surface area contributed by atoms with Crippen molar-refractivity contribution in [3.8, 4) is 0 Å². The van der Waals surface area contributed by atoms with E-state index < -0.39 is 18.0 Å².